The SMILES string of the molecule is CC(C)c1ccc(N2C(=O)C(c3ccccc3)=C(N3CCc4ccccc4C3)C2=O)cc1. The third kappa shape index (κ3) is 3.42. The van der Waals surface area contributed by atoms with Crippen molar-refractivity contribution in [1.82, 2.24) is 4.90 Å². The maximum atomic E-state index is 13.7. The van der Waals surface area contributed by atoms with Crippen LogP contribution in [0.15, 0.2) is 84.6 Å². The van der Waals surface area contributed by atoms with Crippen LogP contribution < -0.4 is 4.90 Å². The molecule has 2 heterocycles. The van der Waals surface area contributed by atoms with Crippen molar-refractivity contribution >= 4 is 23.1 Å². The van der Waals surface area contributed by atoms with Crippen LogP contribution >= 0.6 is 0 Å². The first-order valence-corrected chi connectivity index (χ1v) is 11.1. The molecule has 3 aromatic carbocycles. The molecule has 0 unspecified atom stereocenters. The van der Waals surface area contributed by atoms with E-state index in [0.717, 1.165) is 12.0 Å². The summed E-state index contributed by atoms with van der Waals surface area (Å²) in [4.78, 5) is 30.8. The molecule has 0 N–H and O–H groups in total. The molecule has 0 aromatic heterocycles. The first-order valence-electron chi connectivity index (χ1n) is 11.1. The number of imide groups is 1. The average molecular weight is 423 g/mol. The monoisotopic (exact) mass is 422 g/mol. The molecule has 2 aliphatic heterocycles. The van der Waals surface area contributed by atoms with Crippen molar-refractivity contribution in [3.05, 3.63) is 107 Å². The Bertz CT molecular complexity index is 1210. The predicted molar refractivity (Wildman–Crippen MR) is 127 cm³/mol. The van der Waals surface area contributed by atoms with E-state index in [1.807, 2.05) is 60.7 Å². The minimum atomic E-state index is -0.257. The number of hydrogen-bond acceptors (Lipinski definition) is 3. The number of fused-ring (bicyclic) bond motifs is 1. The Morgan fingerprint density at radius 3 is 2.09 bits per heavy atom. The zero-order valence-electron chi connectivity index (χ0n) is 18.4. The lowest BCUT2D eigenvalue weighted by molar-refractivity contribution is -0.120. The van der Waals surface area contributed by atoms with Gasteiger partial charge in [0.15, 0.2) is 0 Å². The fraction of sp³-hybridized carbons (Fsp3) is 0.214. The Morgan fingerprint density at radius 2 is 1.41 bits per heavy atom. The standard InChI is InChI=1S/C28H26N2O2/c1-19(2)20-12-14-24(15-13-20)30-27(31)25(22-9-4-3-5-10-22)26(28(30)32)29-17-16-21-8-6-7-11-23(21)18-29/h3-15,19H,16-18H2,1-2H3. The van der Waals surface area contributed by atoms with Gasteiger partial charge in [0, 0.05) is 13.1 Å². The Balaban J connectivity index is 1.58. The molecule has 0 spiro atoms. The van der Waals surface area contributed by atoms with Crippen molar-refractivity contribution in [2.45, 2.75) is 32.7 Å². The molecule has 32 heavy (non-hydrogen) atoms. The average Bonchev–Trinajstić information content (AvgIpc) is 3.09. The molecule has 5 rings (SSSR count). The first kappa shape index (κ1) is 20.3. The minimum absolute atomic E-state index is 0.245. The van der Waals surface area contributed by atoms with E-state index in [0.29, 0.717) is 36.0 Å². The van der Waals surface area contributed by atoms with Crippen LogP contribution in [0.1, 0.15) is 42.0 Å². The number of hydrogen-bond donors (Lipinski definition) is 0. The van der Waals surface area contributed by atoms with E-state index in [4.69, 9.17) is 0 Å². The smallest absolute Gasteiger partial charge is 0.282 e. The molecule has 2 amide bonds. The van der Waals surface area contributed by atoms with Gasteiger partial charge in [0.1, 0.15) is 5.70 Å². The van der Waals surface area contributed by atoms with E-state index in [2.05, 4.69) is 36.9 Å². The fourth-order valence-electron chi connectivity index (χ4n) is 4.61. The van der Waals surface area contributed by atoms with Gasteiger partial charge in [-0.2, -0.15) is 0 Å². The molecule has 0 aliphatic carbocycles. The fourth-order valence-corrected chi connectivity index (χ4v) is 4.61. The number of amides is 2. The first-order chi connectivity index (χ1) is 15.5. The lowest BCUT2D eigenvalue weighted by atomic mass is 9.98. The molecule has 160 valence electrons. The maximum absolute atomic E-state index is 13.7. The van der Waals surface area contributed by atoms with Gasteiger partial charge in [0.2, 0.25) is 0 Å². The number of benzene rings is 3. The molecule has 0 fully saturated rings. The van der Waals surface area contributed by atoms with E-state index in [1.54, 1.807) is 0 Å². The van der Waals surface area contributed by atoms with Gasteiger partial charge in [0.05, 0.1) is 11.3 Å². The maximum Gasteiger partial charge on any atom is 0.282 e. The lowest BCUT2D eigenvalue weighted by Gasteiger charge is -2.31. The Kier molecular flexibility index (Phi) is 5.14. The third-order valence-corrected chi connectivity index (χ3v) is 6.39. The van der Waals surface area contributed by atoms with Gasteiger partial charge in [-0.1, -0.05) is 80.6 Å². The van der Waals surface area contributed by atoms with Gasteiger partial charge in [-0.3, -0.25) is 9.59 Å². The highest BCUT2D eigenvalue weighted by molar-refractivity contribution is 6.45. The molecule has 0 atom stereocenters. The topological polar surface area (TPSA) is 40.6 Å². The van der Waals surface area contributed by atoms with Crippen LogP contribution in [0.5, 0.6) is 0 Å². The molecule has 3 aromatic rings. The number of carbonyl (C=O) groups excluding carboxylic acids is 2. The minimum Gasteiger partial charge on any atom is -0.362 e. The molecule has 0 bridgehead atoms. The molecule has 4 heteroatoms. The molecule has 0 radical (unpaired) electrons. The third-order valence-electron chi connectivity index (χ3n) is 6.39. The highest BCUT2D eigenvalue weighted by Gasteiger charge is 2.43. The Hall–Kier alpha value is -3.66. The number of rotatable bonds is 4. The van der Waals surface area contributed by atoms with E-state index < -0.39 is 0 Å². The van der Waals surface area contributed by atoms with Crippen LogP contribution in [0.3, 0.4) is 0 Å². The highest BCUT2D eigenvalue weighted by Crippen LogP contribution is 2.37. The summed E-state index contributed by atoms with van der Waals surface area (Å²) < 4.78 is 0. The van der Waals surface area contributed by atoms with Crippen molar-refractivity contribution in [2.75, 3.05) is 11.4 Å². The second-order valence-corrected chi connectivity index (χ2v) is 8.72. The van der Waals surface area contributed by atoms with Gasteiger partial charge in [-0.25, -0.2) is 4.90 Å². The summed E-state index contributed by atoms with van der Waals surface area (Å²) in [5, 5.41) is 0. The van der Waals surface area contributed by atoms with Crippen molar-refractivity contribution in [2.24, 2.45) is 0 Å². The summed E-state index contributed by atoms with van der Waals surface area (Å²) in [5.74, 6) is -0.117. The molecular formula is C28H26N2O2. The van der Waals surface area contributed by atoms with Crippen molar-refractivity contribution < 1.29 is 9.59 Å². The summed E-state index contributed by atoms with van der Waals surface area (Å²) in [6.45, 7) is 5.59. The molecule has 2 aliphatic rings. The summed E-state index contributed by atoms with van der Waals surface area (Å²) in [6.07, 6.45) is 0.853. The summed E-state index contributed by atoms with van der Waals surface area (Å²) in [7, 11) is 0. The van der Waals surface area contributed by atoms with Gasteiger partial charge in [-0.05, 0) is 46.7 Å². The van der Waals surface area contributed by atoms with Crippen LogP contribution in [-0.2, 0) is 22.6 Å². The Morgan fingerprint density at radius 1 is 0.750 bits per heavy atom. The van der Waals surface area contributed by atoms with E-state index in [-0.39, 0.29) is 11.8 Å². The van der Waals surface area contributed by atoms with Gasteiger partial charge in [-0.15, -0.1) is 0 Å². The molecule has 0 saturated heterocycles. The second kappa shape index (κ2) is 8.12. The van der Waals surface area contributed by atoms with Crippen LogP contribution in [0.25, 0.3) is 5.57 Å². The largest absolute Gasteiger partial charge is 0.362 e. The van der Waals surface area contributed by atoms with E-state index in [9.17, 15) is 9.59 Å². The van der Waals surface area contributed by atoms with Crippen molar-refractivity contribution in [3.63, 3.8) is 0 Å². The number of nitrogens with zero attached hydrogens (tertiary/aromatic N) is 2. The lowest BCUT2D eigenvalue weighted by Crippen LogP contribution is -2.37. The van der Waals surface area contributed by atoms with Crippen molar-refractivity contribution in [3.8, 4) is 0 Å². The summed E-state index contributed by atoms with van der Waals surface area (Å²) >= 11 is 0. The zero-order valence-corrected chi connectivity index (χ0v) is 18.4. The van der Waals surface area contributed by atoms with Crippen LogP contribution in [0.4, 0.5) is 5.69 Å². The number of carbonyl (C=O) groups is 2. The normalized spacial score (nSPS) is 16.2. The summed E-state index contributed by atoms with van der Waals surface area (Å²) in [6, 6.07) is 25.6. The van der Waals surface area contributed by atoms with Crippen LogP contribution in [0, 0.1) is 0 Å². The highest BCUT2D eigenvalue weighted by atomic mass is 16.2. The van der Waals surface area contributed by atoms with E-state index in [1.165, 1.54) is 21.6 Å². The molecule has 4 nitrogen and oxygen atoms in total. The quantitative estimate of drug-likeness (QED) is 0.546. The second-order valence-electron chi connectivity index (χ2n) is 8.72. The van der Waals surface area contributed by atoms with Crippen LogP contribution in [0.2, 0.25) is 0 Å². The van der Waals surface area contributed by atoms with Crippen molar-refractivity contribution in [1.29, 1.82) is 0 Å². The number of anilines is 1. The molecule has 0 saturated carbocycles. The summed E-state index contributed by atoms with van der Waals surface area (Å²) in [5.41, 5.74) is 6.08. The Labute approximate surface area is 188 Å². The van der Waals surface area contributed by atoms with E-state index >= 15 is 0 Å². The van der Waals surface area contributed by atoms with Gasteiger partial charge in [0.25, 0.3) is 11.8 Å². The van der Waals surface area contributed by atoms with Gasteiger partial charge >= 0.3 is 0 Å². The predicted octanol–water partition coefficient (Wildman–Crippen LogP) is 5.15. The molecular weight excluding hydrogens is 396 g/mol. The zero-order chi connectivity index (χ0) is 22.2. The van der Waals surface area contributed by atoms with Crippen LogP contribution in [-0.4, -0.2) is 23.3 Å². The van der Waals surface area contributed by atoms with Gasteiger partial charge < -0.3 is 4.90 Å².